The SMILES string of the molecule is C=C(c1ccc2cc(-c3ccc(S(=O)(=O)C4(C(=O)NO)CCOCC4)cc3)ccc2c1)N1CCCCC1.CN(C)C(=O)c1ccc2cc(-c3ccc(S(=O)(=O)C4(C(=O)NO)CCOCC4)cc3)ccc2c1.O=C(c1ccc2cc(-c3ccc(S(=O)(=O)C4(C(=O)NO)CCOCC4)cc3)ccc2c1)N1CCOCC1. The Hall–Kier alpha value is -9.78. The van der Waals surface area contributed by atoms with Crippen molar-refractivity contribution in [3.63, 3.8) is 0 Å². The number of likely N-dealkylation sites (tertiary alicyclic amines) is 1. The summed E-state index contributed by atoms with van der Waals surface area (Å²) in [5.74, 6) is -2.89. The number of rotatable bonds is 16. The van der Waals surface area contributed by atoms with Crippen molar-refractivity contribution in [1.82, 2.24) is 31.1 Å². The molecule has 27 heteroatoms. The minimum Gasteiger partial charge on any atom is -0.381 e. The molecule has 0 aromatic heterocycles. The molecule has 0 radical (unpaired) electrons. The molecule has 0 atom stereocenters. The highest BCUT2D eigenvalue weighted by atomic mass is 32.2. The Labute approximate surface area is 626 Å². The molecule has 9 aromatic rings. The molecule has 0 aliphatic carbocycles. The number of sulfone groups is 3. The van der Waals surface area contributed by atoms with Crippen LogP contribution in [0.15, 0.2) is 203 Å². The fourth-order valence-corrected chi connectivity index (χ4v) is 20.5. The molecule has 0 unspecified atom stereocenters. The predicted octanol–water partition coefficient (Wildman–Crippen LogP) is 10.6. The van der Waals surface area contributed by atoms with Gasteiger partial charge in [-0.2, -0.15) is 0 Å². The predicted molar refractivity (Wildman–Crippen MR) is 407 cm³/mol. The molecule has 9 aromatic carbocycles. The van der Waals surface area contributed by atoms with Crippen molar-refractivity contribution in [3.05, 3.63) is 205 Å². The Bertz CT molecular complexity index is 5000. The first-order valence-electron chi connectivity index (χ1n) is 35.7. The van der Waals surface area contributed by atoms with Crippen LogP contribution in [0.2, 0.25) is 0 Å². The summed E-state index contributed by atoms with van der Waals surface area (Å²) in [6, 6.07) is 54.7. The number of morpholine rings is 1. The quantitative estimate of drug-likeness (QED) is 0.0387. The van der Waals surface area contributed by atoms with Crippen molar-refractivity contribution in [2.24, 2.45) is 0 Å². The highest BCUT2D eigenvalue weighted by Gasteiger charge is 2.55. The number of hydroxylamine groups is 3. The largest absolute Gasteiger partial charge is 0.381 e. The lowest BCUT2D eigenvalue weighted by Gasteiger charge is -2.34. The molecule has 14 rings (SSSR count). The summed E-state index contributed by atoms with van der Waals surface area (Å²) >= 11 is 0. The number of piperidine rings is 1. The van der Waals surface area contributed by atoms with Crippen LogP contribution in [-0.4, -0.2) is 192 Å². The van der Waals surface area contributed by atoms with Gasteiger partial charge in [-0.3, -0.25) is 39.6 Å². The zero-order valence-electron chi connectivity index (χ0n) is 59.9. The first kappa shape index (κ1) is 77.8. The Morgan fingerprint density at radius 3 is 0.991 bits per heavy atom. The van der Waals surface area contributed by atoms with Crippen LogP contribution in [-0.2, 0) is 62.8 Å². The zero-order valence-corrected chi connectivity index (χ0v) is 62.4. The van der Waals surface area contributed by atoms with Gasteiger partial charge in [0.25, 0.3) is 29.5 Å². The standard InChI is InChI=1S/C29H32N2O5S.C27H28N2O7S.C25H26N2O6S/c1-21(31-15-3-2-4-16-31)23-5-6-26-20-24(7-8-25(26)19-23)22-9-11-27(12-10-22)37(34,35)29(28(32)30-33)13-17-36-18-14-29;30-25(29-11-15-36-16-12-29)23-4-3-21-17-20(1-2-22(21)18-23)19-5-7-24(8-6-19)37(33,34)27(26(31)28-32)9-13-35-14-10-27;1-27(2)23(28)21-6-5-19-15-18(3-4-20(19)16-21)17-7-9-22(10-8-17)34(31,32)25(24(29)26-30)11-13-33-14-12-25/h5-12,19-20,33H,1-4,13-18H2,(H,30,32);1-8,17-18,32H,9-16H2,(H,28,31);3-10,15-16,30H,11-14H2,1-2H3,(H,26,29). The van der Waals surface area contributed by atoms with E-state index in [0.717, 1.165) is 90.0 Å². The summed E-state index contributed by atoms with van der Waals surface area (Å²) in [4.78, 5) is 68.1. The average molecular weight is 1530 g/mol. The molecule has 108 heavy (non-hydrogen) atoms. The van der Waals surface area contributed by atoms with Gasteiger partial charge in [0.05, 0.1) is 27.9 Å². The van der Waals surface area contributed by atoms with Gasteiger partial charge in [0, 0.05) is 96.7 Å². The minimum absolute atomic E-state index is 0.00815. The average Bonchev–Trinajstić information content (AvgIpc) is 0.754. The number of hydrogen-bond donors (Lipinski definition) is 6. The van der Waals surface area contributed by atoms with Crippen LogP contribution >= 0.6 is 0 Å². The van der Waals surface area contributed by atoms with Crippen LogP contribution in [0.5, 0.6) is 0 Å². The molecule has 566 valence electrons. The fourth-order valence-electron chi connectivity index (χ4n) is 14.7. The second kappa shape index (κ2) is 33.0. The maximum absolute atomic E-state index is 13.5. The number of carbonyl (C=O) groups is 5. The molecule has 0 bridgehead atoms. The molecular weight excluding hydrogens is 1440 g/mol. The third kappa shape index (κ3) is 15.5. The molecule has 0 saturated carbocycles. The van der Waals surface area contributed by atoms with Crippen LogP contribution in [0.1, 0.15) is 84.1 Å². The van der Waals surface area contributed by atoms with Gasteiger partial charge in [0.15, 0.2) is 43.8 Å². The Morgan fingerprint density at radius 2 is 0.648 bits per heavy atom. The molecule has 5 amide bonds. The van der Waals surface area contributed by atoms with Gasteiger partial charge in [-0.05, 0) is 214 Å². The molecule has 0 spiro atoms. The number of amides is 5. The van der Waals surface area contributed by atoms with E-state index < -0.39 is 61.5 Å². The topological polar surface area (TPSA) is 331 Å². The molecule has 5 saturated heterocycles. The van der Waals surface area contributed by atoms with Gasteiger partial charge < -0.3 is 33.6 Å². The van der Waals surface area contributed by atoms with E-state index in [1.54, 1.807) is 66.9 Å². The maximum Gasteiger partial charge on any atom is 0.265 e. The van der Waals surface area contributed by atoms with E-state index in [-0.39, 0.29) is 105 Å². The minimum atomic E-state index is -4.09. The number of hydrogen-bond acceptors (Lipinski definition) is 19. The van der Waals surface area contributed by atoms with E-state index in [1.165, 1.54) is 71.5 Å². The van der Waals surface area contributed by atoms with Gasteiger partial charge in [0.2, 0.25) is 0 Å². The lowest BCUT2D eigenvalue weighted by molar-refractivity contribution is -0.135. The first-order chi connectivity index (χ1) is 51.9. The summed E-state index contributed by atoms with van der Waals surface area (Å²) in [6.45, 7) is 9.44. The second-order valence-electron chi connectivity index (χ2n) is 27.7. The van der Waals surface area contributed by atoms with Crippen molar-refractivity contribution in [1.29, 1.82) is 0 Å². The third-order valence-electron chi connectivity index (χ3n) is 21.3. The van der Waals surface area contributed by atoms with Crippen molar-refractivity contribution >= 4 is 97.1 Å². The molecule has 5 aliphatic rings. The number of fused-ring (bicyclic) bond motifs is 3. The summed E-state index contributed by atoms with van der Waals surface area (Å²) in [5, 5.41) is 33.6. The van der Waals surface area contributed by atoms with Crippen LogP contribution in [0.25, 0.3) is 71.4 Å². The maximum atomic E-state index is 13.5. The normalized spacial score (nSPS) is 17.2. The summed E-state index contributed by atoms with van der Waals surface area (Å²) in [5.41, 5.74) is 13.3. The summed E-state index contributed by atoms with van der Waals surface area (Å²) in [6.07, 6.45) is 3.53. The highest BCUT2D eigenvalue weighted by Crippen LogP contribution is 2.41. The Kier molecular flexibility index (Phi) is 23.8. The molecule has 5 heterocycles. The number of carbonyl (C=O) groups excluding carboxylic acids is 5. The van der Waals surface area contributed by atoms with E-state index >= 15 is 0 Å². The number of nitrogens with one attached hydrogen (secondary N) is 3. The zero-order chi connectivity index (χ0) is 76.6. The van der Waals surface area contributed by atoms with Gasteiger partial charge in [0.1, 0.15) is 0 Å². The van der Waals surface area contributed by atoms with Crippen LogP contribution in [0.3, 0.4) is 0 Å². The molecule has 6 N–H and O–H groups in total. The second-order valence-corrected chi connectivity index (χ2v) is 34.4. The van der Waals surface area contributed by atoms with E-state index in [2.05, 4.69) is 41.8 Å². The van der Waals surface area contributed by atoms with Crippen LogP contribution in [0.4, 0.5) is 0 Å². The molecule has 5 fully saturated rings. The number of ether oxygens (including phenoxy) is 4. The van der Waals surface area contributed by atoms with E-state index in [0.29, 0.717) is 37.4 Å². The Morgan fingerprint density at radius 1 is 0.361 bits per heavy atom. The molecule has 24 nitrogen and oxygen atoms in total. The van der Waals surface area contributed by atoms with E-state index in [9.17, 15) is 64.8 Å². The monoisotopic (exact) mass is 1530 g/mol. The third-order valence-corrected chi connectivity index (χ3v) is 28.8. The van der Waals surface area contributed by atoms with E-state index in [1.807, 2.05) is 72.8 Å². The molecule has 5 aliphatic heterocycles. The first-order valence-corrected chi connectivity index (χ1v) is 40.1. The van der Waals surface area contributed by atoms with Crippen molar-refractivity contribution in [2.45, 2.75) is 86.7 Å². The van der Waals surface area contributed by atoms with Crippen molar-refractivity contribution < 1.29 is 83.8 Å². The van der Waals surface area contributed by atoms with Gasteiger partial charge in [-0.1, -0.05) is 104 Å². The van der Waals surface area contributed by atoms with Gasteiger partial charge in [-0.25, -0.2) is 41.7 Å². The lowest BCUT2D eigenvalue weighted by atomic mass is 9.98. The smallest absolute Gasteiger partial charge is 0.265 e. The van der Waals surface area contributed by atoms with E-state index in [4.69, 9.17) is 18.9 Å². The van der Waals surface area contributed by atoms with Crippen LogP contribution < -0.4 is 16.4 Å². The van der Waals surface area contributed by atoms with Crippen molar-refractivity contribution in [2.75, 3.05) is 93.1 Å². The summed E-state index contributed by atoms with van der Waals surface area (Å²) < 4.78 is 96.6. The van der Waals surface area contributed by atoms with Gasteiger partial charge in [-0.15, -0.1) is 0 Å². The number of benzene rings is 9. The highest BCUT2D eigenvalue weighted by molar-refractivity contribution is 7.94. The Balaban J connectivity index is 0.000000151. The van der Waals surface area contributed by atoms with Crippen LogP contribution in [0, 0.1) is 0 Å². The van der Waals surface area contributed by atoms with Gasteiger partial charge >= 0.3 is 0 Å². The van der Waals surface area contributed by atoms with Crippen molar-refractivity contribution in [3.8, 4) is 33.4 Å². The fraction of sp³-hybridized carbons (Fsp3) is 0.321. The molecular formula is C81H86N6O18S3. The lowest BCUT2D eigenvalue weighted by Crippen LogP contribution is -2.54. The number of nitrogens with zero attached hydrogens (tertiary/aromatic N) is 3. The summed E-state index contributed by atoms with van der Waals surface area (Å²) in [7, 11) is -8.80.